The number of imide groups is 1. The topological polar surface area (TPSA) is 79.0 Å². The van der Waals surface area contributed by atoms with Crippen LogP contribution in [0.1, 0.15) is 6.42 Å². The molecule has 0 unspecified atom stereocenters. The first-order valence-corrected chi connectivity index (χ1v) is 7.16. The Kier molecular flexibility index (Phi) is 4.65. The van der Waals surface area contributed by atoms with Crippen molar-refractivity contribution in [2.24, 2.45) is 0 Å². The molecule has 7 nitrogen and oxygen atoms in total. The molecule has 19 heavy (non-hydrogen) atoms. The molecule has 1 atom stereocenters. The van der Waals surface area contributed by atoms with Gasteiger partial charge in [0.05, 0.1) is 13.8 Å². The monoisotopic (exact) mass is 287 g/mol. The lowest BCUT2D eigenvalue weighted by molar-refractivity contribution is -0.140. The third-order valence-corrected chi connectivity index (χ3v) is 4.28. The van der Waals surface area contributed by atoms with Crippen molar-refractivity contribution >= 4 is 29.7 Å². The Balaban J connectivity index is 1.93. The van der Waals surface area contributed by atoms with Gasteiger partial charge in [0.1, 0.15) is 5.25 Å². The summed E-state index contributed by atoms with van der Waals surface area (Å²) in [7, 11) is 1.36. The van der Waals surface area contributed by atoms with E-state index < -0.39 is 0 Å². The van der Waals surface area contributed by atoms with E-state index in [1.807, 2.05) is 4.90 Å². The fraction of sp³-hybridized carbons (Fsp3) is 0.727. The first-order chi connectivity index (χ1) is 9.11. The van der Waals surface area contributed by atoms with Crippen LogP contribution in [0.4, 0.5) is 4.79 Å². The number of carbonyl (C=O) groups excluding carboxylic acids is 3. The average Bonchev–Trinajstić information content (AvgIpc) is 2.42. The van der Waals surface area contributed by atoms with Crippen molar-refractivity contribution in [3.63, 3.8) is 0 Å². The molecule has 1 N–H and O–H groups in total. The molecule has 0 radical (unpaired) electrons. The van der Waals surface area contributed by atoms with Crippen LogP contribution in [0.15, 0.2) is 0 Å². The number of ether oxygens (including phenoxy) is 1. The van der Waals surface area contributed by atoms with Gasteiger partial charge in [-0.2, -0.15) is 0 Å². The number of urea groups is 1. The fourth-order valence-electron chi connectivity index (χ4n) is 2.07. The molecular weight excluding hydrogens is 270 g/mol. The smallest absolute Gasteiger partial charge is 0.325 e. The molecular formula is C11H17N3O4S. The van der Waals surface area contributed by atoms with Gasteiger partial charge in [0.2, 0.25) is 5.91 Å². The van der Waals surface area contributed by atoms with Gasteiger partial charge in [-0.3, -0.25) is 19.4 Å². The van der Waals surface area contributed by atoms with E-state index in [4.69, 9.17) is 4.74 Å². The molecule has 0 aromatic heterocycles. The second kappa shape index (κ2) is 6.25. The van der Waals surface area contributed by atoms with Gasteiger partial charge in [-0.05, 0) is 0 Å². The summed E-state index contributed by atoms with van der Waals surface area (Å²) in [6.45, 7) is 1.87. The van der Waals surface area contributed by atoms with Crippen LogP contribution < -0.4 is 5.32 Å². The van der Waals surface area contributed by atoms with Crippen molar-refractivity contribution in [1.82, 2.24) is 15.1 Å². The Morgan fingerprint density at radius 3 is 3.00 bits per heavy atom. The maximum Gasteiger partial charge on any atom is 0.325 e. The quantitative estimate of drug-likeness (QED) is 0.704. The van der Waals surface area contributed by atoms with Crippen LogP contribution in [0.3, 0.4) is 0 Å². The molecule has 3 amide bonds. The lowest BCUT2D eigenvalue weighted by atomic mass is 10.3. The molecule has 2 aliphatic rings. The highest BCUT2D eigenvalue weighted by atomic mass is 32.2. The largest absolute Gasteiger partial charge is 0.468 e. The van der Waals surface area contributed by atoms with Gasteiger partial charge < -0.3 is 10.1 Å². The highest BCUT2D eigenvalue weighted by Crippen LogP contribution is 2.20. The van der Waals surface area contributed by atoms with E-state index in [9.17, 15) is 14.4 Å². The van der Waals surface area contributed by atoms with Gasteiger partial charge in [0.25, 0.3) is 0 Å². The predicted molar refractivity (Wildman–Crippen MR) is 69.6 cm³/mol. The van der Waals surface area contributed by atoms with Crippen molar-refractivity contribution in [1.29, 1.82) is 0 Å². The van der Waals surface area contributed by atoms with E-state index in [-0.39, 0.29) is 29.8 Å². The summed E-state index contributed by atoms with van der Waals surface area (Å²) in [4.78, 5) is 37.9. The molecule has 0 spiro atoms. The SMILES string of the molecule is COC(=O)[C@@H]1CN(CN2C(=O)CCNC2=O)CCS1. The maximum absolute atomic E-state index is 11.7. The molecule has 2 heterocycles. The number of hydrogen-bond donors (Lipinski definition) is 1. The zero-order valence-corrected chi connectivity index (χ0v) is 11.6. The fourth-order valence-corrected chi connectivity index (χ4v) is 3.26. The molecule has 0 aliphatic carbocycles. The average molecular weight is 287 g/mol. The normalized spacial score (nSPS) is 25.1. The number of methoxy groups -OCH3 is 1. The molecule has 2 fully saturated rings. The summed E-state index contributed by atoms with van der Waals surface area (Å²) in [5.74, 6) is 0.351. The van der Waals surface area contributed by atoms with Gasteiger partial charge >= 0.3 is 12.0 Å². The van der Waals surface area contributed by atoms with Gasteiger partial charge in [0.15, 0.2) is 0 Å². The summed E-state index contributed by atoms with van der Waals surface area (Å²) in [6, 6.07) is -0.357. The highest BCUT2D eigenvalue weighted by molar-refractivity contribution is 8.00. The van der Waals surface area contributed by atoms with E-state index in [1.54, 1.807) is 11.8 Å². The second-order valence-electron chi connectivity index (χ2n) is 4.40. The number of rotatable bonds is 3. The zero-order valence-electron chi connectivity index (χ0n) is 10.8. The minimum absolute atomic E-state index is 0.170. The number of carbonyl (C=O) groups is 3. The van der Waals surface area contributed by atoms with Crippen LogP contribution in [-0.2, 0) is 14.3 Å². The molecule has 2 saturated heterocycles. The number of hydrogen-bond acceptors (Lipinski definition) is 6. The van der Waals surface area contributed by atoms with E-state index in [0.29, 0.717) is 19.5 Å². The number of thioether (sulfide) groups is 1. The van der Waals surface area contributed by atoms with E-state index >= 15 is 0 Å². The Bertz CT molecular complexity index is 374. The molecule has 0 saturated carbocycles. The maximum atomic E-state index is 11.7. The summed E-state index contributed by atoms with van der Waals surface area (Å²) in [5.41, 5.74) is 0. The van der Waals surface area contributed by atoms with Gasteiger partial charge in [-0.25, -0.2) is 4.79 Å². The molecule has 8 heteroatoms. The first kappa shape index (κ1) is 14.1. The van der Waals surface area contributed by atoms with Crippen LogP contribution in [0.2, 0.25) is 0 Å². The van der Waals surface area contributed by atoms with Crippen molar-refractivity contribution in [3.8, 4) is 0 Å². The minimum Gasteiger partial charge on any atom is -0.468 e. The van der Waals surface area contributed by atoms with E-state index in [1.165, 1.54) is 12.0 Å². The molecule has 0 aromatic carbocycles. The summed E-state index contributed by atoms with van der Waals surface area (Å²) >= 11 is 1.54. The standard InChI is InChI=1S/C11H17N3O4S/c1-18-10(16)8-6-13(4-5-19-8)7-14-9(15)2-3-12-11(14)17/h8H,2-7H2,1H3,(H,12,17)/t8-/m0/s1. The predicted octanol–water partition coefficient (Wildman–Crippen LogP) is -0.524. The third kappa shape index (κ3) is 3.38. The van der Waals surface area contributed by atoms with Crippen LogP contribution in [0.25, 0.3) is 0 Å². The number of nitrogens with zero attached hydrogens (tertiary/aromatic N) is 2. The molecule has 0 aromatic rings. The van der Waals surface area contributed by atoms with E-state index in [0.717, 1.165) is 12.3 Å². The minimum atomic E-state index is -0.357. The van der Waals surface area contributed by atoms with Crippen molar-refractivity contribution in [3.05, 3.63) is 0 Å². The Morgan fingerprint density at radius 2 is 2.32 bits per heavy atom. The lowest BCUT2D eigenvalue weighted by Crippen LogP contribution is -2.55. The summed E-state index contributed by atoms with van der Waals surface area (Å²) in [5, 5.41) is 2.39. The molecule has 0 bridgehead atoms. The lowest BCUT2D eigenvalue weighted by Gasteiger charge is -2.35. The third-order valence-electron chi connectivity index (χ3n) is 3.12. The molecule has 2 rings (SSSR count). The van der Waals surface area contributed by atoms with Gasteiger partial charge in [0, 0.05) is 31.8 Å². The van der Waals surface area contributed by atoms with Crippen LogP contribution in [-0.4, -0.2) is 72.1 Å². The first-order valence-electron chi connectivity index (χ1n) is 6.12. The molecule has 2 aliphatic heterocycles. The van der Waals surface area contributed by atoms with Crippen molar-refractivity contribution in [2.75, 3.05) is 39.2 Å². The summed E-state index contributed by atoms with van der Waals surface area (Å²) < 4.78 is 4.72. The second-order valence-corrected chi connectivity index (χ2v) is 5.72. The Labute approximate surface area is 115 Å². The summed E-state index contributed by atoms with van der Waals surface area (Å²) in [6.07, 6.45) is 0.328. The Morgan fingerprint density at radius 1 is 1.53 bits per heavy atom. The van der Waals surface area contributed by atoms with E-state index in [2.05, 4.69) is 5.32 Å². The van der Waals surface area contributed by atoms with Gasteiger partial charge in [-0.1, -0.05) is 0 Å². The van der Waals surface area contributed by atoms with Crippen LogP contribution >= 0.6 is 11.8 Å². The highest BCUT2D eigenvalue weighted by Gasteiger charge is 2.32. The van der Waals surface area contributed by atoms with Gasteiger partial charge in [-0.15, -0.1) is 11.8 Å². The van der Waals surface area contributed by atoms with Crippen molar-refractivity contribution in [2.45, 2.75) is 11.7 Å². The zero-order chi connectivity index (χ0) is 13.8. The molecule has 106 valence electrons. The van der Waals surface area contributed by atoms with Crippen LogP contribution in [0.5, 0.6) is 0 Å². The van der Waals surface area contributed by atoms with Crippen LogP contribution in [0, 0.1) is 0 Å². The number of esters is 1. The van der Waals surface area contributed by atoms with Crippen molar-refractivity contribution < 1.29 is 19.1 Å². The Hall–Kier alpha value is -1.28. The number of nitrogens with one attached hydrogen (secondary N) is 1. The number of amides is 3.